The minimum absolute atomic E-state index is 0.326. The summed E-state index contributed by atoms with van der Waals surface area (Å²) in [5.74, 6) is 1.39. The van der Waals surface area contributed by atoms with E-state index in [0.29, 0.717) is 36.9 Å². The molecule has 0 aliphatic carbocycles. The Labute approximate surface area is 197 Å². The highest BCUT2D eigenvalue weighted by molar-refractivity contribution is 7.89. The Morgan fingerprint density at radius 2 is 1.50 bits per heavy atom. The highest BCUT2D eigenvalue weighted by Gasteiger charge is 2.30. The van der Waals surface area contributed by atoms with Gasteiger partial charge >= 0.3 is 0 Å². The van der Waals surface area contributed by atoms with Gasteiger partial charge in [0.25, 0.3) is 5.78 Å². The third kappa shape index (κ3) is 3.49. The molecule has 170 valence electrons. The summed E-state index contributed by atoms with van der Waals surface area (Å²) < 4.78 is 30.1. The lowest BCUT2D eigenvalue weighted by Crippen LogP contribution is -2.49. The van der Waals surface area contributed by atoms with E-state index in [1.165, 1.54) is 6.33 Å². The van der Waals surface area contributed by atoms with Crippen molar-refractivity contribution in [1.82, 2.24) is 23.9 Å². The van der Waals surface area contributed by atoms with E-state index in [0.717, 1.165) is 27.7 Å². The third-order valence-electron chi connectivity index (χ3n) is 6.26. The van der Waals surface area contributed by atoms with Gasteiger partial charge in [-0.1, -0.05) is 60.7 Å². The quantitative estimate of drug-likeness (QED) is 0.400. The van der Waals surface area contributed by atoms with Gasteiger partial charge < -0.3 is 4.90 Å². The number of aromatic nitrogens is 4. The molecule has 1 fully saturated rings. The highest BCUT2D eigenvalue weighted by Crippen LogP contribution is 2.31. The fraction of sp³-hybridized carbons (Fsp3) is 0.160. The van der Waals surface area contributed by atoms with Crippen LogP contribution >= 0.6 is 0 Å². The first-order valence-corrected chi connectivity index (χ1v) is 12.5. The molecule has 0 saturated carbocycles. The zero-order chi connectivity index (χ0) is 23.1. The van der Waals surface area contributed by atoms with Crippen LogP contribution in [0, 0.1) is 0 Å². The summed E-state index contributed by atoms with van der Waals surface area (Å²) in [5, 5.41) is 6.33. The molecule has 0 N–H and O–H groups in total. The van der Waals surface area contributed by atoms with Crippen molar-refractivity contribution in [2.45, 2.75) is 4.90 Å². The first-order valence-electron chi connectivity index (χ1n) is 11.1. The molecule has 0 radical (unpaired) electrons. The van der Waals surface area contributed by atoms with Crippen LogP contribution in [0.4, 0.5) is 5.82 Å². The molecule has 1 saturated heterocycles. The van der Waals surface area contributed by atoms with Crippen LogP contribution in [-0.2, 0) is 10.0 Å². The molecule has 2 aromatic heterocycles. The van der Waals surface area contributed by atoms with Crippen LogP contribution in [0.2, 0.25) is 0 Å². The lowest BCUT2D eigenvalue weighted by Gasteiger charge is -2.36. The molecule has 0 spiro atoms. The molecule has 0 bridgehead atoms. The van der Waals surface area contributed by atoms with Crippen molar-refractivity contribution in [2.75, 3.05) is 31.1 Å². The number of fused-ring (bicyclic) bond motifs is 2. The maximum absolute atomic E-state index is 13.4. The predicted octanol–water partition coefficient (Wildman–Crippen LogP) is 3.46. The van der Waals surface area contributed by atoms with Crippen LogP contribution in [0.15, 0.2) is 90.2 Å². The van der Waals surface area contributed by atoms with Gasteiger partial charge in [0.15, 0.2) is 0 Å². The first kappa shape index (κ1) is 20.8. The molecule has 3 aromatic carbocycles. The minimum Gasteiger partial charge on any atom is -0.353 e. The van der Waals surface area contributed by atoms with Gasteiger partial charge in [-0.2, -0.15) is 18.9 Å². The van der Waals surface area contributed by atoms with Crippen LogP contribution in [0.1, 0.15) is 0 Å². The van der Waals surface area contributed by atoms with Gasteiger partial charge in [-0.3, -0.25) is 0 Å². The van der Waals surface area contributed by atoms with Crippen LogP contribution in [0.25, 0.3) is 27.7 Å². The third-order valence-corrected chi connectivity index (χ3v) is 8.16. The Balaban J connectivity index is 1.31. The molecule has 34 heavy (non-hydrogen) atoms. The van der Waals surface area contributed by atoms with E-state index in [1.54, 1.807) is 21.0 Å². The Bertz CT molecular complexity index is 1590. The molecule has 3 heterocycles. The second-order valence-electron chi connectivity index (χ2n) is 8.23. The van der Waals surface area contributed by atoms with Gasteiger partial charge in [0.05, 0.1) is 4.90 Å². The van der Waals surface area contributed by atoms with E-state index >= 15 is 0 Å². The van der Waals surface area contributed by atoms with Gasteiger partial charge in [-0.05, 0) is 28.5 Å². The summed E-state index contributed by atoms with van der Waals surface area (Å²) in [6.45, 7) is 1.82. The summed E-state index contributed by atoms with van der Waals surface area (Å²) in [6, 6.07) is 23.1. The maximum atomic E-state index is 13.4. The van der Waals surface area contributed by atoms with Crippen LogP contribution in [0.3, 0.4) is 0 Å². The number of sulfonamides is 1. The van der Waals surface area contributed by atoms with E-state index in [1.807, 2.05) is 66.9 Å². The van der Waals surface area contributed by atoms with E-state index in [-0.39, 0.29) is 0 Å². The number of anilines is 1. The zero-order valence-electron chi connectivity index (χ0n) is 18.3. The molecule has 0 unspecified atom stereocenters. The largest absolute Gasteiger partial charge is 0.353 e. The van der Waals surface area contributed by atoms with Gasteiger partial charge in [-0.15, -0.1) is 0 Å². The van der Waals surface area contributed by atoms with Crippen molar-refractivity contribution in [3.8, 4) is 11.1 Å². The first-order chi connectivity index (χ1) is 16.6. The van der Waals surface area contributed by atoms with Crippen LogP contribution in [-0.4, -0.2) is 58.5 Å². The van der Waals surface area contributed by atoms with Crippen molar-refractivity contribution < 1.29 is 8.42 Å². The molecule has 5 aromatic rings. The normalized spacial score (nSPS) is 15.2. The molecule has 9 heteroatoms. The number of hydrogen-bond donors (Lipinski definition) is 0. The minimum atomic E-state index is -3.59. The molecule has 8 nitrogen and oxygen atoms in total. The smallest absolute Gasteiger partial charge is 0.254 e. The van der Waals surface area contributed by atoms with E-state index in [9.17, 15) is 8.42 Å². The SMILES string of the molecule is O=S(=O)(c1ccc2ccccc2c1)N1CCN(c2c(-c3ccccc3)cnc3ncnn23)CC1. The monoisotopic (exact) mass is 470 g/mol. The van der Waals surface area contributed by atoms with E-state index < -0.39 is 10.0 Å². The van der Waals surface area contributed by atoms with Crippen molar-refractivity contribution in [1.29, 1.82) is 0 Å². The van der Waals surface area contributed by atoms with Crippen LogP contribution < -0.4 is 4.90 Å². The van der Waals surface area contributed by atoms with Gasteiger partial charge in [-0.25, -0.2) is 13.4 Å². The standard InChI is InChI=1S/C25H22N6O2S/c32-34(33,22-11-10-19-6-4-5-9-21(19)16-22)30-14-12-29(13-15-30)24-23(20-7-2-1-3-8-20)17-26-25-27-18-28-31(24)25/h1-11,16-18H,12-15H2. The Morgan fingerprint density at radius 1 is 0.765 bits per heavy atom. The summed E-state index contributed by atoms with van der Waals surface area (Å²) in [7, 11) is -3.59. The number of benzene rings is 3. The predicted molar refractivity (Wildman–Crippen MR) is 131 cm³/mol. The fourth-order valence-electron chi connectivity index (χ4n) is 4.51. The van der Waals surface area contributed by atoms with Gasteiger partial charge in [0, 0.05) is 37.9 Å². The average Bonchev–Trinajstić information content (AvgIpc) is 3.37. The van der Waals surface area contributed by atoms with Gasteiger partial charge in [0.2, 0.25) is 10.0 Å². The lowest BCUT2D eigenvalue weighted by molar-refractivity contribution is 0.383. The van der Waals surface area contributed by atoms with Crippen LogP contribution in [0.5, 0.6) is 0 Å². The summed E-state index contributed by atoms with van der Waals surface area (Å²) in [6.07, 6.45) is 3.30. The zero-order valence-corrected chi connectivity index (χ0v) is 19.1. The number of nitrogens with zero attached hydrogens (tertiary/aromatic N) is 6. The molecule has 1 aliphatic heterocycles. The molecular weight excluding hydrogens is 448 g/mol. The van der Waals surface area contributed by atoms with Crippen molar-refractivity contribution >= 4 is 32.4 Å². The molecular formula is C25H22N6O2S. The highest BCUT2D eigenvalue weighted by atomic mass is 32.2. The van der Waals surface area contributed by atoms with Crippen molar-refractivity contribution in [3.63, 3.8) is 0 Å². The number of hydrogen-bond acceptors (Lipinski definition) is 6. The van der Waals surface area contributed by atoms with Crippen molar-refractivity contribution in [2.24, 2.45) is 0 Å². The topological polar surface area (TPSA) is 83.7 Å². The molecule has 6 rings (SSSR count). The molecule has 1 aliphatic rings. The van der Waals surface area contributed by atoms with E-state index in [2.05, 4.69) is 20.0 Å². The number of rotatable bonds is 4. The average molecular weight is 471 g/mol. The van der Waals surface area contributed by atoms with E-state index in [4.69, 9.17) is 0 Å². The molecule has 0 amide bonds. The Hall–Kier alpha value is -3.82. The fourth-order valence-corrected chi connectivity index (χ4v) is 5.97. The lowest BCUT2D eigenvalue weighted by atomic mass is 10.1. The summed E-state index contributed by atoms with van der Waals surface area (Å²) in [5.41, 5.74) is 1.96. The Morgan fingerprint density at radius 3 is 2.29 bits per heavy atom. The molecule has 0 atom stereocenters. The maximum Gasteiger partial charge on any atom is 0.254 e. The second kappa shape index (κ2) is 8.19. The summed E-state index contributed by atoms with van der Waals surface area (Å²) >= 11 is 0. The Kier molecular flexibility index (Phi) is 5.00. The summed E-state index contributed by atoms with van der Waals surface area (Å²) in [4.78, 5) is 11.2. The number of piperazine rings is 1. The van der Waals surface area contributed by atoms with Crippen molar-refractivity contribution in [3.05, 3.63) is 85.3 Å². The second-order valence-corrected chi connectivity index (χ2v) is 10.2. The van der Waals surface area contributed by atoms with Gasteiger partial charge in [0.1, 0.15) is 12.1 Å².